The average molecular weight is 254 g/mol. The Balaban J connectivity index is 1.82. The van der Waals surface area contributed by atoms with E-state index in [1.54, 1.807) is 12.1 Å². The number of hydrogen-bond acceptors (Lipinski definition) is 2. The molecule has 0 unspecified atom stereocenters. The number of fused-ring (bicyclic) bond motifs is 1. The summed E-state index contributed by atoms with van der Waals surface area (Å²) in [4.78, 5) is 25.7. The molecule has 4 heteroatoms. The van der Waals surface area contributed by atoms with Crippen molar-refractivity contribution in [3.05, 3.63) is 63.6 Å². The lowest BCUT2D eigenvalue weighted by atomic mass is 10.1. The van der Waals surface area contributed by atoms with Gasteiger partial charge in [0.25, 0.3) is 5.91 Å². The Labute approximate surface area is 110 Å². The highest BCUT2D eigenvalue weighted by atomic mass is 16.2. The van der Waals surface area contributed by atoms with Crippen LogP contribution < -0.4 is 10.9 Å². The van der Waals surface area contributed by atoms with Gasteiger partial charge in [-0.2, -0.15) is 0 Å². The average Bonchev–Trinajstić information content (AvgIpc) is 2.86. The van der Waals surface area contributed by atoms with Gasteiger partial charge in [-0.1, -0.05) is 12.1 Å². The Morgan fingerprint density at radius 1 is 1.11 bits per heavy atom. The van der Waals surface area contributed by atoms with Crippen molar-refractivity contribution in [2.45, 2.75) is 19.3 Å². The molecule has 1 aliphatic rings. The molecule has 0 saturated heterocycles. The second-order valence-electron chi connectivity index (χ2n) is 4.72. The number of aromatic amines is 1. The molecule has 96 valence electrons. The fourth-order valence-corrected chi connectivity index (χ4v) is 2.43. The Bertz CT molecular complexity index is 689. The topological polar surface area (TPSA) is 62.0 Å². The van der Waals surface area contributed by atoms with Gasteiger partial charge in [0.1, 0.15) is 5.69 Å². The maximum absolute atomic E-state index is 12.0. The van der Waals surface area contributed by atoms with Crippen LogP contribution in [0.3, 0.4) is 0 Å². The number of amides is 1. The van der Waals surface area contributed by atoms with E-state index in [9.17, 15) is 9.59 Å². The van der Waals surface area contributed by atoms with E-state index >= 15 is 0 Å². The Hall–Kier alpha value is -2.36. The van der Waals surface area contributed by atoms with Crippen LogP contribution in [0, 0.1) is 0 Å². The van der Waals surface area contributed by atoms with Gasteiger partial charge in [0.05, 0.1) is 0 Å². The Morgan fingerprint density at radius 2 is 1.95 bits per heavy atom. The minimum Gasteiger partial charge on any atom is -0.321 e. The van der Waals surface area contributed by atoms with Crippen molar-refractivity contribution in [1.29, 1.82) is 0 Å². The SMILES string of the molecule is O=C(Nc1ccc2c(c1)CCC2)c1cccc(=O)[nH]1. The number of carbonyl (C=O) groups is 1. The van der Waals surface area contributed by atoms with E-state index in [0.29, 0.717) is 0 Å². The summed E-state index contributed by atoms with van der Waals surface area (Å²) in [6.07, 6.45) is 3.37. The lowest BCUT2D eigenvalue weighted by Crippen LogP contribution is -2.17. The normalized spacial score (nSPS) is 13.1. The van der Waals surface area contributed by atoms with Crippen LogP contribution in [0.15, 0.2) is 41.2 Å². The lowest BCUT2D eigenvalue weighted by molar-refractivity contribution is 0.102. The van der Waals surface area contributed by atoms with E-state index in [1.807, 2.05) is 12.1 Å². The zero-order chi connectivity index (χ0) is 13.2. The molecule has 0 fully saturated rings. The van der Waals surface area contributed by atoms with Crippen molar-refractivity contribution in [2.75, 3.05) is 5.32 Å². The highest BCUT2D eigenvalue weighted by molar-refractivity contribution is 6.02. The van der Waals surface area contributed by atoms with Crippen molar-refractivity contribution in [1.82, 2.24) is 4.98 Å². The smallest absolute Gasteiger partial charge is 0.272 e. The van der Waals surface area contributed by atoms with Crippen LogP contribution in [-0.4, -0.2) is 10.9 Å². The molecule has 19 heavy (non-hydrogen) atoms. The molecule has 2 aromatic rings. The number of benzene rings is 1. The van der Waals surface area contributed by atoms with Crippen LogP contribution >= 0.6 is 0 Å². The molecule has 0 radical (unpaired) electrons. The summed E-state index contributed by atoms with van der Waals surface area (Å²) in [7, 11) is 0. The predicted octanol–water partition coefficient (Wildman–Crippen LogP) is 2.12. The summed E-state index contributed by atoms with van der Waals surface area (Å²) in [6.45, 7) is 0. The monoisotopic (exact) mass is 254 g/mol. The van der Waals surface area contributed by atoms with Crippen molar-refractivity contribution >= 4 is 11.6 Å². The number of aromatic nitrogens is 1. The first kappa shape index (κ1) is 11.7. The van der Waals surface area contributed by atoms with Crippen LogP contribution in [0.2, 0.25) is 0 Å². The molecule has 3 rings (SSSR count). The van der Waals surface area contributed by atoms with E-state index in [-0.39, 0.29) is 17.2 Å². The third-order valence-electron chi connectivity index (χ3n) is 3.37. The predicted molar refractivity (Wildman–Crippen MR) is 73.5 cm³/mol. The minimum atomic E-state index is -0.296. The van der Waals surface area contributed by atoms with E-state index in [1.165, 1.54) is 23.6 Å². The highest BCUT2D eigenvalue weighted by Crippen LogP contribution is 2.24. The fraction of sp³-hybridized carbons (Fsp3) is 0.200. The molecule has 0 bridgehead atoms. The highest BCUT2D eigenvalue weighted by Gasteiger charge is 2.12. The molecule has 1 amide bonds. The number of rotatable bonds is 2. The van der Waals surface area contributed by atoms with Gasteiger partial charge in [-0.3, -0.25) is 9.59 Å². The van der Waals surface area contributed by atoms with Gasteiger partial charge >= 0.3 is 0 Å². The maximum atomic E-state index is 12.0. The van der Waals surface area contributed by atoms with E-state index in [2.05, 4.69) is 16.4 Å². The van der Waals surface area contributed by atoms with Gasteiger partial charge in [-0.25, -0.2) is 0 Å². The molecule has 0 aliphatic heterocycles. The number of H-pyrrole nitrogens is 1. The molecule has 1 aliphatic carbocycles. The molecule has 4 nitrogen and oxygen atoms in total. The Kier molecular flexibility index (Phi) is 2.91. The summed E-state index contributed by atoms with van der Waals surface area (Å²) in [5.74, 6) is -0.296. The van der Waals surface area contributed by atoms with Crippen LogP contribution in [0.1, 0.15) is 28.0 Å². The fourth-order valence-electron chi connectivity index (χ4n) is 2.43. The lowest BCUT2D eigenvalue weighted by Gasteiger charge is -2.07. The number of aryl methyl sites for hydroxylation is 2. The van der Waals surface area contributed by atoms with Gasteiger partial charge in [0, 0.05) is 11.8 Å². The molecule has 0 spiro atoms. The van der Waals surface area contributed by atoms with Crippen LogP contribution in [0.4, 0.5) is 5.69 Å². The molecule has 1 heterocycles. The second-order valence-corrected chi connectivity index (χ2v) is 4.72. The van der Waals surface area contributed by atoms with Crippen molar-refractivity contribution in [3.63, 3.8) is 0 Å². The molecule has 1 aromatic carbocycles. The summed E-state index contributed by atoms with van der Waals surface area (Å²) in [6, 6.07) is 10.5. The molecule has 0 saturated carbocycles. The van der Waals surface area contributed by atoms with Crippen molar-refractivity contribution in [2.24, 2.45) is 0 Å². The molecule has 1 aromatic heterocycles. The summed E-state index contributed by atoms with van der Waals surface area (Å²) in [5, 5.41) is 2.81. The number of pyridine rings is 1. The first-order valence-electron chi connectivity index (χ1n) is 6.35. The first-order chi connectivity index (χ1) is 9.22. The summed E-state index contributed by atoms with van der Waals surface area (Å²) >= 11 is 0. The van der Waals surface area contributed by atoms with Crippen molar-refractivity contribution < 1.29 is 4.79 Å². The zero-order valence-electron chi connectivity index (χ0n) is 10.4. The van der Waals surface area contributed by atoms with E-state index in [0.717, 1.165) is 18.5 Å². The number of hydrogen-bond donors (Lipinski definition) is 2. The molecule has 0 atom stereocenters. The largest absolute Gasteiger partial charge is 0.321 e. The molecule has 2 N–H and O–H groups in total. The van der Waals surface area contributed by atoms with Crippen molar-refractivity contribution in [3.8, 4) is 0 Å². The number of carbonyl (C=O) groups excluding carboxylic acids is 1. The number of nitrogens with one attached hydrogen (secondary N) is 2. The van der Waals surface area contributed by atoms with Gasteiger partial charge in [0.2, 0.25) is 5.56 Å². The zero-order valence-corrected chi connectivity index (χ0v) is 10.4. The standard InChI is InChI=1S/C15H14N2O2/c18-14-6-2-5-13(17-14)15(19)16-12-8-7-10-3-1-4-11(10)9-12/h2,5-9H,1,3-4H2,(H,16,19)(H,17,18). The first-order valence-corrected chi connectivity index (χ1v) is 6.35. The quantitative estimate of drug-likeness (QED) is 0.862. The van der Waals surface area contributed by atoms with E-state index < -0.39 is 0 Å². The maximum Gasteiger partial charge on any atom is 0.272 e. The minimum absolute atomic E-state index is 0.271. The molecular weight excluding hydrogens is 240 g/mol. The second kappa shape index (κ2) is 4.72. The third kappa shape index (κ3) is 2.42. The van der Waals surface area contributed by atoms with Gasteiger partial charge in [-0.15, -0.1) is 0 Å². The number of anilines is 1. The van der Waals surface area contributed by atoms with Crippen LogP contribution in [0.5, 0.6) is 0 Å². The Morgan fingerprint density at radius 3 is 2.79 bits per heavy atom. The van der Waals surface area contributed by atoms with Gasteiger partial charge < -0.3 is 10.3 Å². The molecular formula is C15H14N2O2. The van der Waals surface area contributed by atoms with Crippen LogP contribution in [-0.2, 0) is 12.8 Å². The summed E-state index contributed by atoms with van der Waals surface area (Å²) < 4.78 is 0. The van der Waals surface area contributed by atoms with Crippen LogP contribution in [0.25, 0.3) is 0 Å². The third-order valence-corrected chi connectivity index (χ3v) is 3.37. The van der Waals surface area contributed by atoms with Gasteiger partial charge in [-0.05, 0) is 48.6 Å². The summed E-state index contributed by atoms with van der Waals surface area (Å²) in [5.41, 5.74) is 3.44. The van der Waals surface area contributed by atoms with E-state index in [4.69, 9.17) is 0 Å². The van der Waals surface area contributed by atoms with Gasteiger partial charge in [0.15, 0.2) is 0 Å².